The highest BCUT2D eigenvalue weighted by atomic mass is 35.5. The fourth-order valence-corrected chi connectivity index (χ4v) is 6.83. The molecule has 0 bridgehead atoms. The van der Waals surface area contributed by atoms with Crippen LogP contribution in [0, 0.1) is 0 Å². The number of anilines is 1. The first-order valence-electron chi connectivity index (χ1n) is 10.2. The molecule has 1 saturated heterocycles. The van der Waals surface area contributed by atoms with Crippen molar-refractivity contribution in [2.75, 3.05) is 24.5 Å². The molecule has 1 amide bonds. The molecule has 2 aliphatic heterocycles. The van der Waals surface area contributed by atoms with Crippen LogP contribution in [-0.2, 0) is 21.2 Å². The SMILES string of the molecule is CC(Sc1ccccc1Cl)C(=O)N1CCCc2cc(S(=O)(=O)N3CCCC3)ccc21. The lowest BCUT2D eigenvalue weighted by Gasteiger charge is -2.32. The highest BCUT2D eigenvalue weighted by Gasteiger charge is 2.31. The fourth-order valence-electron chi connectivity index (χ4n) is 4.04. The van der Waals surface area contributed by atoms with E-state index in [1.807, 2.05) is 31.2 Å². The van der Waals surface area contributed by atoms with Crippen molar-refractivity contribution < 1.29 is 13.2 Å². The number of aryl methyl sites for hydroxylation is 1. The summed E-state index contributed by atoms with van der Waals surface area (Å²) in [7, 11) is -3.46. The standard InChI is InChI=1S/C22H25ClN2O3S2/c1-16(29-21-9-3-2-8-19(21)23)22(26)25-14-6-7-17-15-18(10-11-20(17)25)30(27,28)24-12-4-5-13-24/h2-3,8-11,15-16H,4-7,12-14H2,1H3. The average Bonchev–Trinajstić information content (AvgIpc) is 3.30. The van der Waals surface area contributed by atoms with Gasteiger partial charge in [-0.15, -0.1) is 11.8 Å². The van der Waals surface area contributed by atoms with Gasteiger partial charge in [0.1, 0.15) is 0 Å². The van der Waals surface area contributed by atoms with Crippen LogP contribution in [0.2, 0.25) is 5.02 Å². The summed E-state index contributed by atoms with van der Waals surface area (Å²) < 4.78 is 27.4. The van der Waals surface area contributed by atoms with Crippen LogP contribution in [0.5, 0.6) is 0 Å². The summed E-state index contributed by atoms with van der Waals surface area (Å²) in [5.41, 5.74) is 1.74. The van der Waals surface area contributed by atoms with E-state index in [0.29, 0.717) is 29.6 Å². The molecule has 2 heterocycles. The van der Waals surface area contributed by atoms with Gasteiger partial charge in [0.05, 0.1) is 15.2 Å². The number of rotatable bonds is 5. The predicted octanol–water partition coefficient (Wildman–Crippen LogP) is 4.58. The van der Waals surface area contributed by atoms with Crippen LogP contribution < -0.4 is 4.90 Å². The molecule has 0 radical (unpaired) electrons. The van der Waals surface area contributed by atoms with Gasteiger partial charge in [-0.1, -0.05) is 23.7 Å². The number of sulfonamides is 1. The van der Waals surface area contributed by atoms with Gasteiger partial charge in [0, 0.05) is 30.2 Å². The van der Waals surface area contributed by atoms with Crippen molar-refractivity contribution in [1.82, 2.24) is 4.31 Å². The van der Waals surface area contributed by atoms with Gasteiger partial charge in [-0.05, 0) is 68.5 Å². The number of fused-ring (bicyclic) bond motifs is 1. The molecule has 2 aromatic carbocycles. The summed E-state index contributed by atoms with van der Waals surface area (Å²) in [5.74, 6) is 0.0102. The smallest absolute Gasteiger partial charge is 0.243 e. The molecular formula is C22H25ClN2O3S2. The van der Waals surface area contributed by atoms with Crippen molar-refractivity contribution in [2.45, 2.75) is 47.6 Å². The molecule has 8 heteroatoms. The minimum atomic E-state index is -3.46. The first-order chi connectivity index (χ1) is 14.4. The first-order valence-corrected chi connectivity index (χ1v) is 12.9. The number of carbonyl (C=O) groups excluding carboxylic acids is 1. The van der Waals surface area contributed by atoms with Crippen LogP contribution in [0.1, 0.15) is 31.7 Å². The molecule has 4 rings (SSSR count). The molecule has 160 valence electrons. The second-order valence-electron chi connectivity index (χ2n) is 7.69. The van der Waals surface area contributed by atoms with Crippen LogP contribution in [0.15, 0.2) is 52.3 Å². The maximum absolute atomic E-state index is 13.2. The molecule has 1 fully saturated rings. The lowest BCUT2D eigenvalue weighted by molar-refractivity contribution is -0.117. The zero-order valence-electron chi connectivity index (χ0n) is 16.9. The van der Waals surface area contributed by atoms with Crippen molar-refractivity contribution in [3.63, 3.8) is 0 Å². The summed E-state index contributed by atoms with van der Waals surface area (Å²) in [6, 6.07) is 12.7. The van der Waals surface area contributed by atoms with Crippen LogP contribution in [0.3, 0.4) is 0 Å². The molecular weight excluding hydrogens is 440 g/mol. The van der Waals surface area contributed by atoms with Crippen LogP contribution in [0.25, 0.3) is 0 Å². The van der Waals surface area contributed by atoms with Gasteiger partial charge in [0.2, 0.25) is 15.9 Å². The second kappa shape index (κ2) is 8.91. The molecule has 0 aliphatic carbocycles. The van der Waals surface area contributed by atoms with E-state index in [2.05, 4.69) is 0 Å². The zero-order valence-corrected chi connectivity index (χ0v) is 19.3. The van der Waals surface area contributed by atoms with Gasteiger partial charge in [-0.25, -0.2) is 8.42 Å². The fraction of sp³-hybridized carbons (Fsp3) is 0.409. The van der Waals surface area contributed by atoms with E-state index in [1.165, 1.54) is 11.8 Å². The summed E-state index contributed by atoms with van der Waals surface area (Å²) in [6.45, 7) is 3.69. The largest absolute Gasteiger partial charge is 0.311 e. The number of hydrogen-bond acceptors (Lipinski definition) is 4. The Bertz CT molecular complexity index is 1050. The lowest BCUT2D eigenvalue weighted by Crippen LogP contribution is -2.40. The van der Waals surface area contributed by atoms with Gasteiger partial charge in [0.25, 0.3) is 0 Å². The minimum absolute atomic E-state index is 0.0102. The van der Waals surface area contributed by atoms with E-state index in [4.69, 9.17) is 11.6 Å². The molecule has 0 spiro atoms. The lowest BCUT2D eigenvalue weighted by atomic mass is 10.0. The third kappa shape index (κ3) is 4.26. The zero-order chi connectivity index (χ0) is 21.3. The van der Waals surface area contributed by atoms with Crippen molar-refractivity contribution in [2.24, 2.45) is 0 Å². The Morgan fingerprint density at radius 1 is 1.07 bits per heavy atom. The van der Waals surface area contributed by atoms with E-state index in [-0.39, 0.29) is 11.2 Å². The molecule has 0 N–H and O–H groups in total. The van der Waals surface area contributed by atoms with Crippen molar-refractivity contribution in [3.8, 4) is 0 Å². The molecule has 2 aliphatic rings. The number of benzene rings is 2. The number of amides is 1. The number of hydrogen-bond donors (Lipinski definition) is 0. The first kappa shape index (κ1) is 21.7. The summed E-state index contributed by atoms with van der Waals surface area (Å²) in [5, 5.41) is 0.335. The molecule has 30 heavy (non-hydrogen) atoms. The second-order valence-corrected chi connectivity index (χ2v) is 11.4. The van der Waals surface area contributed by atoms with Crippen molar-refractivity contribution >= 4 is 45.0 Å². The van der Waals surface area contributed by atoms with Crippen LogP contribution >= 0.6 is 23.4 Å². The van der Waals surface area contributed by atoms with Crippen LogP contribution in [0.4, 0.5) is 5.69 Å². The third-order valence-electron chi connectivity index (χ3n) is 5.63. The summed E-state index contributed by atoms with van der Waals surface area (Å²) in [6.07, 6.45) is 3.41. The van der Waals surface area contributed by atoms with Gasteiger partial charge < -0.3 is 4.90 Å². The van der Waals surface area contributed by atoms with E-state index in [9.17, 15) is 13.2 Å². The normalized spacial score (nSPS) is 18.3. The Labute approximate surface area is 187 Å². The van der Waals surface area contributed by atoms with Gasteiger partial charge in [-0.3, -0.25) is 4.79 Å². The maximum Gasteiger partial charge on any atom is 0.243 e. The predicted molar refractivity (Wildman–Crippen MR) is 122 cm³/mol. The highest BCUT2D eigenvalue weighted by Crippen LogP contribution is 2.35. The Morgan fingerprint density at radius 2 is 1.80 bits per heavy atom. The number of thioether (sulfide) groups is 1. The average molecular weight is 465 g/mol. The van der Waals surface area contributed by atoms with E-state index in [0.717, 1.165) is 41.8 Å². The van der Waals surface area contributed by atoms with Gasteiger partial charge >= 0.3 is 0 Å². The molecule has 1 atom stereocenters. The summed E-state index contributed by atoms with van der Waals surface area (Å²) >= 11 is 7.69. The van der Waals surface area contributed by atoms with E-state index in [1.54, 1.807) is 27.4 Å². The topological polar surface area (TPSA) is 57.7 Å². The monoisotopic (exact) mass is 464 g/mol. The third-order valence-corrected chi connectivity index (χ3v) is 9.13. The van der Waals surface area contributed by atoms with Gasteiger partial charge in [0.15, 0.2) is 0 Å². The Hall–Kier alpha value is -1.54. The van der Waals surface area contributed by atoms with Crippen molar-refractivity contribution in [1.29, 1.82) is 0 Å². The van der Waals surface area contributed by atoms with Crippen molar-refractivity contribution in [3.05, 3.63) is 53.1 Å². The quantitative estimate of drug-likeness (QED) is 0.607. The minimum Gasteiger partial charge on any atom is -0.311 e. The molecule has 1 unspecified atom stereocenters. The van der Waals surface area contributed by atoms with Crippen LogP contribution in [-0.4, -0.2) is 43.5 Å². The Kier molecular flexibility index (Phi) is 6.44. The van der Waals surface area contributed by atoms with E-state index >= 15 is 0 Å². The number of halogens is 1. The molecule has 0 saturated carbocycles. The molecule has 0 aromatic heterocycles. The summed E-state index contributed by atoms with van der Waals surface area (Å²) in [4.78, 5) is 16.2. The molecule has 5 nitrogen and oxygen atoms in total. The number of carbonyl (C=O) groups is 1. The number of nitrogens with zero attached hydrogens (tertiary/aromatic N) is 2. The Morgan fingerprint density at radius 3 is 2.53 bits per heavy atom. The van der Waals surface area contributed by atoms with E-state index < -0.39 is 10.0 Å². The maximum atomic E-state index is 13.2. The molecule has 2 aromatic rings. The Balaban J connectivity index is 1.56. The van der Waals surface area contributed by atoms with Gasteiger partial charge in [-0.2, -0.15) is 4.31 Å². The highest BCUT2D eigenvalue weighted by molar-refractivity contribution is 8.00.